The number of amides is 1. The van der Waals surface area contributed by atoms with Crippen molar-refractivity contribution in [2.24, 2.45) is 0 Å². The maximum atomic E-state index is 12.4. The topological polar surface area (TPSA) is 59.2 Å². The summed E-state index contributed by atoms with van der Waals surface area (Å²) < 4.78 is 0. The van der Waals surface area contributed by atoms with Crippen LogP contribution in [0, 0.1) is 6.92 Å². The second-order valence-electron chi connectivity index (χ2n) is 4.98. The third-order valence-corrected chi connectivity index (χ3v) is 3.47. The summed E-state index contributed by atoms with van der Waals surface area (Å²) in [5, 5.41) is 0. The molecule has 4 heteroatoms. The van der Waals surface area contributed by atoms with E-state index >= 15 is 0 Å². The molecule has 1 unspecified atom stereocenters. The van der Waals surface area contributed by atoms with Gasteiger partial charge in [0.15, 0.2) is 0 Å². The van der Waals surface area contributed by atoms with E-state index in [1.165, 1.54) is 11.8 Å². The molecule has 0 saturated heterocycles. The van der Waals surface area contributed by atoms with Gasteiger partial charge in [0.05, 0.1) is 17.9 Å². The zero-order valence-corrected chi connectivity index (χ0v) is 12.0. The van der Waals surface area contributed by atoms with E-state index in [9.17, 15) is 4.79 Å². The standard InChI is InChI=1S/C16H19N3O/c1-11-4-6-13(7-5-11)12(2)19(3)16(20)15-9-8-14(17)10-18-15/h4-10,12H,17H2,1-3H3. The molecule has 1 amide bonds. The Labute approximate surface area is 119 Å². The van der Waals surface area contributed by atoms with Crippen molar-refractivity contribution in [3.8, 4) is 0 Å². The smallest absolute Gasteiger partial charge is 0.272 e. The third kappa shape index (κ3) is 2.96. The number of aromatic nitrogens is 1. The van der Waals surface area contributed by atoms with Crippen molar-refractivity contribution < 1.29 is 4.79 Å². The first kappa shape index (κ1) is 14.1. The lowest BCUT2D eigenvalue weighted by Gasteiger charge is -2.25. The van der Waals surface area contributed by atoms with E-state index in [1.807, 2.05) is 38.1 Å². The van der Waals surface area contributed by atoms with Crippen LogP contribution < -0.4 is 5.73 Å². The van der Waals surface area contributed by atoms with Crippen LogP contribution in [-0.4, -0.2) is 22.8 Å². The average molecular weight is 269 g/mol. The zero-order chi connectivity index (χ0) is 14.7. The zero-order valence-electron chi connectivity index (χ0n) is 12.0. The van der Waals surface area contributed by atoms with Gasteiger partial charge < -0.3 is 10.6 Å². The second kappa shape index (κ2) is 5.74. The van der Waals surface area contributed by atoms with Crippen molar-refractivity contribution in [1.82, 2.24) is 9.88 Å². The van der Waals surface area contributed by atoms with Gasteiger partial charge in [-0.05, 0) is 31.5 Å². The summed E-state index contributed by atoms with van der Waals surface area (Å²) >= 11 is 0. The predicted molar refractivity (Wildman–Crippen MR) is 80.3 cm³/mol. The lowest BCUT2D eigenvalue weighted by atomic mass is 10.1. The number of hydrogen-bond acceptors (Lipinski definition) is 3. The van der Waals surface area contributed by atoms with Crippen molar-refractivity contribution in [2.75, 3.05) is 12.8 Å². The van der Waals surface area contributed by atoms with E-state index in [1.54, 1.807) is 24.1 Å². The number of anilines is 1. The van der Waals surface area contributed by atoms with Gasteiger partial charge in [0.25, 0.3) is 5.91 Å². The molecule has 0 aliphatic rings. The quantitative estimate of drug-likeness (QED) is 0.932. The van der Waals surface area contributed by atoms with Crippen LogP contribution in [0.5, 0.6) is 0 Å². The van der Waals surface area contributed by atoms with Crippen LogP contribution in [0.3, 0.4) is 0 Å². The molecule has 0 spiro atoms. The number of carbonyl (C=O) groups excluding carboxylic acids is 1. The molecule has 0 bridgehead atoms. The van der Waals surface area contributed by atoms with Gasteiger partial charge >= 0.3 is 0 Å². The molecule has 104 valence electrons. The first-order chi connectivity index (χ1) is 9.49. The summed E-state index contributed by atoms with van der Waals surface area (Å²) in [6, 6.07) is 11.5. The van der Waals surface area contributed by atoms with Gasteiger partial charge in [0.1, 0.15) is 5.69 Å². The molecule has 20 heavy (non-hydrogen) atoms. The molecular weight excluding hydrogens is 250 g/mol. The minimum absolute atomic E-state index is 0.0116. The van der Waals surface area contributed by atoms with Gasteiger partial charge in [-0.15, -0.1) is 0 Å². The highest BCUT2D eigenvalue weighted by molar-refractivity contribution is 5.92. The second-order valence-corrected chi connectivity index (χ2v) is 4.98. The fourth-order valence-electron chi connectivity index (χ4n) is 1.96. The van der Waals surface area contributed by atoms with E-state index < -0.39 is 0 Å². The van der Waals surface area contributed by atoms with E-state index in [-0.39, 0.29) is 11.9 Å². The summed E-state index contributed by atoms with van der Waals surface area (Å²) in [5.74, 6) is -0.113. The van der Waals surface area contributed by atoms with Gasteiger partial charge in [-0.1, -0.05) is 29.8 Å². The largest absolute Gasteiger partial charge is 0.397 e. The minimum Gasteiger partial charge on any atom is -0.397 e. The summed E-state index contributed by atoms with van der Waals surface area (Å²) in [4.78, 5) is 18.1. The third-order valence-electron chi connectivity index (χ3n) is 3.47. The van der Waals surface area contributed by atoms with Gasteiger partial charge in [0, 0.05) is 7.05 Å². The van der Waals surface area contributed by atoms with Crippen LogP contribution in [-0.2, 0) is 0 Å². The van der Waals surface area contributed by atoms with Gasteiger partial charge in [0.2, 0.25) is 0 Å². The average Bonchev–Trinajstić information content (AvgIpc) is 2.46. The van der Waals surface area contributed by atoms with Gasteiger partial charge in [-0.25, -0.2) is 4.98 Å². The van der Waals surface area contributed by atoms with Crippen molar-refractivity contribution in [1.29, 1.82) is 0 Å². The summed E-state index contributed by atoms with van der Waals surface area (Å²) in [5.41, 5.74) is 8.84. The molecule has 1 heterocycles. The van der Waals surface area contributed by atoms with Gasteiger partial charge in [-0.2, -0.15) is 0 Å². The number of nitrogens with two attached hydrogens (primary N) is 1. The maximum absolute atomic E-state index is 12.4. The van der Waals surface area contributed by atoms with Crippen molar-refractivity contribution in [2.45, 2.75) is 19.9 Å². The van der Waals surface area contributed by atoms with E-state index in [2.05, 4.69) is 4.98 Å². The molecule has 2 rings (SSSR count). The normalized spacial score (nSPS) is 11.9. The molecule has 0 saturated carbocycles. The number of aryl methyl sites for hydroxylation is 1. The van der Waals surface area contributed by atoms with Crippen LogP contribution in [0.15, 0.2) is 42.6 Å². The number of hydrogen-bond donors (Lipinski definition) is 1. The van der Waals surface area contributed by atoms with E-state index in [0.29, 0.717) is 11.4 Å². The number of benzene rings is 1. The molecule has 0 aliphatic carbocycles. The minimum atomic E-state index is -0.113. The van der Waals surface area contributed by atoms with Crippen molar-refractivity contribution >= 4 is 11.6 Å². The van der Waals surface area contributed by atoms with E-state index in [0.717, 1.165) is 5.56 Å². The molecule has 4 nitrogen and oxygen atoms in total. The highest BCUT2D eigenvalue weighted by Gasteiger charge is 2.19. The predicted octanol–water partition coefficient (Wildman–Crippen LogP) is 2.81. The van der Waals surface area contributed by atoms with Crippen molar-refractivity contribution in [3.05, 3.63) is 59.4 Å². The highest BCUT2D eigenvalue weighted by Crippen LogP contribution is 2.20. The fourth-order valence-corrected chi connectivity index (χ4v) is 1.96. The lowest BCUT2D eigenvalue weighted by Crippen LogP contribution is -2.30. The number of carbonyl (C=O) groups is 1. The van der Waals surface area contributed by atoms with Crippen LogP contribution >= 0.6 is 0 Å². The molecule has 1 aromatic heterocycles. The monoisotopic (exact) mass is 269 g/mol. The Bertz CT molecular complexity index is 590. The Morgan fingerprint density at radius 2 is 1.85 bits per heavy atom. The number of rotatable bonds is 3. The van der Waals surface area contributed by atoms with Crippen LogP contribution in [0.1, 0.15) is 34.6 Å². The Kier molecular flexibility index (Phi) is 4.03. The van der Waals surface area contributed by atoms with Crippen LogP contribution in [0.2, 0.25) is 0 Å². The van der Waals surface area contributed by atoms with Crippen LogP contribution in [0.4, 0.5) is 5.69 Å². The Morgan fingerprint density at radius 1 is 1.20 bits per heavy atom. The fraction of sp³-hybridized carbons (Fsp3) is 0.250. The molecule has 0 fully saturated rings. The number of nitrogens with zero attached hydrogens (tertiary/aromatic N) is 2. The summed E-state index contributed by atoms with van der Waals surface area (Å²) in [7, 11) is 1.78. The summed E-state index contributed by atoms with van der Waals surface area (Å²) in [6.45, 7) is 4.04. The number of pyridine rings is 1. The lowest BCUT2D eigenvalue weighted by molar-refractivity contribution is 0.0737. The SMILES string of the molecule is Cc1ccc(C(C)N(C)C(=O)c2ccc(N)cn2)cc1. The van der Waals surface area contributed by atoms with Crippen LogP contribution in [0.25, 0.3) is 0 Å². The Balaban J connectivity index is 2.17. The summed E-state index contributed by atoms with van der Waals surface area (Å²) in [6.07, 6.45) is 1.50. The first-order valence-electron chi connectivity index (χ1n) is 6.54. The molecule has 0 radical (unpaired) electrons. The molecular formula is C16H19N3O. The first-order valence-corrected chi connectivity index (χ1v) is 6.54. The number of nitrogen functional groups attached to an aromatic ring is 1. The highest BCUT2D eigenvalue weighted by atomic mass is 16.2. The molecule has 2 N–H and O–H groups in total. The van der Waals surface area contributed by atoms with Crippen molar-refractivity contribution in [3.63, 3.8) is 0 Å². The van der Waals surface area contributed by atoms with E-state index in [4.69, 9.17) is 5.73 Å². The maximum Gasteiger partial charge on any atom is 0.272 e. The molecule has 1 aromatic carbocycles. The Hall–Kier alpha value is -2.36. The van der Waals surface area contributed by atoms with Gasteiger partial charge in [-0.3, -0.25) is 4.79 Å². The molecule has 0 aliphatic heterocycles. The Morgan fingerprint density at radius 3 is 2.40 bits per heavy atom. The molecule has 1 atom stereocenters. The molecule has 2 aromatic rings.